The zero-order valence-corrected chi connectivity index (χ0v) is 15.3. The number of amides is 1. The maximum Gasteiger partial charge on any atom is 0.310 e. The number of rotatable bonds is 6. The van der Waals surface area contributed by atoms with Crippen LogP contribution in [0.1, 0.15) is 24.3 Å². The standard InChI is InChI=1S/C22H19NO5/c1-14(18-7-4-10-26-18)23-20(24)13-28-21(25)11-16-12-27-19-9-8-15-5-2-3-6-17(15)22(16)19/h2-10,12,14H,11,13H2,1H3,(H,23,24)/t14-/m1/s1. The number of carbonyl (C=O) groups is 2. The van der Waals surface area contributed by atoms with Crippen molar-refractivity contribution in [3.05, 3.63) is 72.4 Å². The summed E-state index contributed by atoms with van der Waals surface area (Å²) in [5.74, 6) is -0.243. The summed E-state index contributed by atoms with van der Waals surface area (Å²) in [4.78, 5) is 24.2. The Bertz CT molecular complexity index is 1130. The Labute approximate surface area is 161 Å². The van der Waals surface area contributed by atoms with E-state index in [9.17, 15) is 9.59 Å². The highest BCUT2D eigenvalue weighted by Gasteiger charge is 2.16. The summed E-state index contributed by atoms with van der Waals surface area (Å²) in [7, 11) is 0. The van der Waals surface area contributed by atoms with E-state index in [1.807, 2.05) is 36.4 Å². The Morgan fingerprint density at radius 1 is 1.07 bits per heavy atom. The van der Waals surface area contributed by atoms with Crippen LogP contribution in [0.2, 0.25) is 0 Å². The summed E-state index contributed by atoms with van der Waals surface area (Å²) in [6.45, 7) is 1.45. The van der Waals surface area contributed by atoms with Gasteiger partial charge < -0.3 is 18.9 Å². The highest BCUT2D eigenvalue weighted by Crippen LogP contribution is 2.30. The Morgan fingerprint density at radius 2 is 1.93 bits per heavy atom. The molecule has 0 unspecified atom stereocenters. The van der Waals surface area contributed by atoms with Crippen molar-refractivity contribution in [2.75, 3.05) is 6.61 Å². The Morgan fingerprint density at radius 3 is 2.75 bits per heavy atom. The van der Waals surface area contributed by atoms with E-state index in [-0.39, 0.29) is 25.0 Å². The number of fused-ring (bicyclic) bond motifs is 3. The van der Waals surface area contributed by atoms with Gasteiger partial charge in [-0.2, -0.15) is 0 Å². The summed E-state index contributed by atoms with van der Waals surface area (Å²) >= 11 is 0. The third kappa shape index (κ3) is 3.62. The second-order valence-electron chi connectivity index (χ2n) is 6.56. The SMILES string of the molecule is C[C@@H](NC(=O)COC(=O)Cc1coc2ccc3ccccc3c12)c1ccco1. The number of ether oxygens (including phenoxy) is 1. The lowest BCUT2D eigenvalue weighted by molar-refractivity contribution is -0.148. The first-order valence-corrected chi connectivity index (χ1v) is 8.98. The van der Waals surface area contributed by atoms with Gasteiger partial charge in [-0.05, 0) is 35.9 Å². The maximum absolute atomic E-state index is 12.2. The molecule has 0 bridgehead atoms. The molecule has 0 aliphatic carbocycles. The quantitative estimate of drug-likeness (QED) is 0.511. The van der Waals surface area contributed by atoms with Crippen LogP contribution in [0.3, 0.4) is 0 Å². The van der Waals surface area contributed by atoms with Gasteiger partial charge in [0.2, 0.25) is 0 Å². The molecule has 6 heteroatoms. The largest absolute Gasteiger partial charge is 0.467 e. The van der Waals surface area contributed by atoms with Crippen molar-refractivity contribution >= 4 is 33.6 Å². The van der Waals surface area contributed by atoms with Crippen molar-refractivity contribution in [2.24, 2.45) is 0 Å². The topological polar surface area (TPSA) is 81.7 Å². The van der Waals surface area contributed by atoms with Crippen molar-refractivity contribution < 1.29 is 23.2 Å². The molecule has 0 saturated heterocycles. The van der Waals surface area contributed by atoms with Gasteiger partial charge in [-0.1, -0.05) is 30.3 Å². The van der Waals surface area contributed by atoms with Crippen LogP contribution in [0.25, 0.3) is 21.7 Å². The number of carbonyl (C=O) groups excluding carboxylic acids is 2. The van der Waals surface area contributed by atoms with Crippen molar-refractivity contribution in [1.29, 1.82) is 0 Å². The van der Waals surface area contributed by atoms with Crippen molar-refractivity contribution in [3.8, 4) is 0 Å². The number of hydrogen-bond acceptors (Lipinski definition) is 5. The van der Waals surface area contributed by atoms with Crippen LogP contribution in [0.15, 0.2) is 69.9 Å². The van der Waals surface area contributed by atoms with Gasteiger partial charge in [0.15, 0.2) is 6.61 Å². The minimum atomic E-state index is -0.489. The summed E-state index contributed by atoms with van der Waals surface area (Å²) in [6.07, 6.45) is 3.14. The smallest absolute Gasteiger partial charge is 0.310 e. The monoisotopic (exact) mass is 377 g/mol. The van der Waals surface area contributed by atoms with Crippen LogP contribution >= 0.6 is 0 Å². The molecule has 1 atom stereocenters. The van der Waals surface area contributed by atoms with Crippen molar-refractivity contribution in [2.45, 2.75) is 19.4 Å². The van der Waals surface area contributed by atoms with Crippen LogP contribution in [-0.2, 0) is 20.7 Å². The van der Waals surface area contributed by atoms with Crippen molar-refractivity contribution in [1.82, 2.24) is 5.32 Å². The fraction of sp³-hybridized carbons (Fsp3) is 0.182. The first-order valence-electron chi connectivity index (χ1n) is 8.98. The third-order valence-corrected chi connectivity index (χ3v) is 4.59. The second kappa shape index (κ2) is 7.60. The summed E-state index contributed by atoms with van der Waals surface area (Å²) in [6, 6.07) is 15.0. The van der Waals surface area contributed by atoms with E-state index >= 15 is 0 Å². The van der Waals surface area contributed by atoms with E-state index in [2.05, 4.69) is 5.32 Å². The van der Waals surface area contributed by atoms with Gasteiger partial charge >= 0.3 is 5.97 Å². The zero-order valence-electron chi connectivity index (χ0n) is 15.3. The molecule has 2 aromatic carbocycles. The molecule has 4 rings (SSSR count). The van der Waals surface area contributed by atoms with E-state index in [4.69, 9.17) is 13.6 Å². The second-order valence-corrected chi connectivity index (χ2v) is 6.56. The number of hydrogen-bond donors (Lipinski definition) is 1. The maximum atomic E-state index is 12.2. The minimum Gasteiger partial charge on any atom is -0.467 e. The highest BCUT2D eigenvalue weighted by molar-refractivity contribution is 6.08. The average molecular weight is 377 g/mol. The van der Waals surface area contributed by atoms with Crippen LogP contribution in [0.4, 0.5) is 0 Å². The van der Waals surface area contributed by atoms with E-state index in [1.165, 1.54) is 6.26 Å². The van der Waals surface area contributed by atoms with Gasteiger partial charge in [0.25, 0.3) is 5.91 Å². The van der Waals surface area contributed by atoms with E-state index in [0.717, 1.165) is 21.7 Å². The lowest BCUT2D eigenvalue weighted by Crippen LogP contribution is -2.31. The van der Waals surface area contributed by atoms with Crippen LogP contribution in [0, 0.1) is 0 Å². The first kappa shape index (κ1) is 17.9. The minimum absolute atomic E-state index is 0.0298. The Hall–Kier alpha value is -3.54. The number of benzene rings is 2. The predicted molar refractivity (Wildman–Crippen MR) is 104 cm³/mol. The highest BCUT2D eigenvalue weighted by atomic mass is 16.5. The molecule has 0 spiro atoms. The molecular formula is C22H19NO5. The average Bonchev–Trinajstić information content (AvgIpc) is 3.37. The molecule has 0 fully saturated rings. The molecule has 4 aromatic rings. The van der Waals surface area contributed by atoms with E-state index in [1.54, 1.807) is 25.3 Å². The van der Waals surface area contributed by atoms with Gasteiger partial charge in [-0.15, -0.1) is 0 Å². The van der Waals surface area contributed by atoms with Crippen LogP contribution in [0.5, 0.6) is 0 Å². The molecular weight excluding hydrogens is 358 g/mol. The lowest BCUT2D eigenvalue weighted by Gasteiger charge is -2.11. The molecule has 6 nitrogen and oxygen atoms in total. The normalized spacial score (nSPS) is 12.2. The van der Waals surface area contributed by atoms with Gasteiger partial charge in [0.1, 0.15) is 11.3 Å². The molecule has 0 saturated carbocycles. The number of furan rings is 2. The molecule has 142 valence electrons. The third-order valence-electron chi connectivity index (χ3n) is 4.59. The summed E-state index contributed by atoms with van der Waals surface area (Å²) in [5.41, 5.74) is 1.45. The lowest BCUT2D eigenvalue weighted by atomic mass is 10.0. The van der Waals surface area contributed by atoms with E-state index in [0.29, 0.717) is 11.3 Å². The first-order chi connectivity index (χ1) is 13.6. The molecule has 1 amide bonds. The van der Waals surface area contributed by atoms with Gasteiger partial charge in [0.05, 0.1) is 25.0 Å². The molecule has 2 aromatic heterocycles. The fourth-order valence-corrected chi connectivity index (χ4v) is 3.25. The summed E-state index contributed by atoms with van der Waals surface area (Å²) in [5, 5.41) is 5.70. The Kier molecular flexibility index (Phi) is 4.85. The molecule has 28 heavy (non-hydrogen) atoms. The summed E-state index contributed by atoms with van der Waals surface area (Å²) < 4.78 is 15.9. The molecule has 0 aliphatic heterocycles. The molecule has 0 radical (unpaired) electrons. The molecule has 1 N–H and O–H groups in total. The number of nitrogens with one attached hydrogen (secondary N) is 1. The zero-order chi connectivity index (χ0) is 19.5. The van der Waals surface area contributed by atoms with E-state index < -0.39 is 5.97 Å². The van der Waals surface area contributed by atoms with Crippen LogP contribution < -0.4 is 5.32 Å². The van der Waals surface area contributed by atoms with Gasteiger partial charge in [0, 0.05) is 10.9 Å². The van der Waals surface area contributed by atoms with Gasteiger partial charge in [-0.3, -0.25) is 9.59 Å². The Balaban J connectivity index is 1.40. The predicted octanol–water partition coefficient (Wildman–Crippen LogP) is 4.14. The van der Waals surface area contributed by atoms with Gasteiger partial charge in [-0.25, -0.2) is 0 Å². The molecule has 0 aliphatic rings. The fourth-order valence-electron chi connectivity index (χ4n) is 3.25. The van der Waals surface area contributed by atoms with Crippen molar-refractivity contribution in [3.63, 3.8) is 0 Å². The number of esters is 1. The van der Waals surface area contributed by atoms with Crippen LogP contribution in [-0.4, -0.2) is 18.5 Å². The molecule has 2 heterocycles.